The quantitative estimate of drug-likeness (QED) is 0.275. The van der Waals surface area contributed by atoms with Crippen molar-refractivity contribution in [2.75, 3.05) is 0 Å². The number of aromatic nitrogens is 1. The Morgan fingerprint density at radius 2 is 1.32 bits per heavy atom. The average molecular weight is 598 g/mol. The molecule has 0 saturated carbocycles. The van der Waals surface area contributed by atoms with Crippen LogP contribution < -0.4 is 4.98 Å². The monoisotopic (exact) mass is 596 g/mol. The summed E-state index contributed by atoms with van der Waals surface area (Å²) in [5, 5.41) is 5.49. The molecule has 0 aromatic carbocycles. The number of fused-ring (bicyclic) bond motifs is 6. The van der Waals surface area contributed by atoms with Gasteiger partial charge in [0.05, 0.1) is 5.70 Å². The molecule has 0 spiro atoms. The van der Waals surface area contributed by atoms with Crippen LogP contribution >= 0.6 is 0 Å². The molecule has 4 aliphatic heterocycles. The van der Waals surface area contributed by atoms with Crippen LogP contribution in [0.1, 0.15) is 123 Å². The minimum absolute atomic E-state index is 0. The van der Waals surface area contributed by atoms with Crippen LogP contribution in [0.3, 0.4) is 0 Å². The topological polar surface area (TPSA) is 52.9 Å². The van der Waals surface area contributed by atoms with Gasteiger partial charge in [-0.2, -0.15) is 5.70 Å². The van der Waals surface area contributed by atoms with Gasteiger partial charge in [0.25, 0.3) is 0 Å². The van der Waals surface area contributed by atoms with Crippen molar-refractivity contribution in [1.29, 1.82) is 0 Å². The third kappa shape index (κ3) is 5.53. The van der Waals surface area contributed by atoms with Crippen molar-refractivity contribution < 1.29 is 16.5 Å². The molecule has 1 saturated heterocycles. The Morgan fingerprint density at radius 1 is 0.683 bits per heavy atom. The Balaban J connectivity index is 0.00000387. The first-order chi connectivity index (χ1) is 19.5. The molecule has 0 radical (unpaired) electrons. The fraction of sp³-hybridized carbons (Fsp3) is 0.611. The summed E-state index contributed by atoms with van der Waals surface area (Å²) in [5.41, 5.74) is 13.9. The minimum Gasteiger partial charge on any atom is -0.684 e. The summed E-state index contributed by atoms with van der Waals surface area (Å²) in [6.45, 7) is 18.4. The van der Waals surface area contributed by atoms with Gasteiger partial charge < -0.3 is 10.3 Å². The number of allylic oxidation sites excluding steroid dienone is 5. The fourth-order valence-corrected chi connectivity index (χ4v) is 8.20. The largest absolute Gasteiger partial charge is 2.00 e. The number of hydrogen-bond donors (Lipinski definition) is 0. The van der Waals surface area contributed by atoms with Gasteiger partial charge in [0, 0.05) is 29.0 Å². The SMILES string of the molecule is CCC1=C(CC)/C2=C/c3[n-]c(c(CC)c3CC)/C=C3N=C(/C=C4\[N-]C(CC1=N2)C(CC)[C@H]4CC)[C@@H](CC)[C@@H]\3CC.[Ni+2]. The van der Waals surface area contributed by atoms with E-state index >= 15 is 0 Å². The predicted octanol–water partition coefficient (Wildman–Crippen LogP) is 9.62. The van der Waals surface area contributed by atoms with Crippen molar-refractivity contribution in [3.8, 4) is 0 Å². The second-order valence-corrected chi connectivity index (χ2v) is 12.0. The standard InChI is InChI=1S/C36H50N4.Ni/c1-9-21-22(10-2)30-18-32-25(13-5)26(14-6)34(39-32)20-36-28(16-8)27(15-7)35(40-36)19-33-24(12-4)23(11-3)31(38-33)17-29(21)37-30;/h17-19,21-22,25-26,34H,9-16,20H2,1-8H3;/q-2;+2/b29-17-,32-18-,35-19-;/t21-,22-,25+,26?,34?;/m0./s1. The van der Waals surface area contributed by atoms with Crippen molar-refractivity contribution >= 4 is 23.6 Å². The first-order valence-electron chi connectivity index (χ1n) is 16.4. The zero-order valence-electron chi connectivity index (χ0n) is 26.6. The predicted molar refractivity (Wildman–Crippen MR) is 172 cm³/mol. The summed E-state index contributed by atoms with van der Waals surface area (Å²) in [5.74, 6) is 1.93. The molecule has 4 aliphatic rings. The Kier molecular flexibility index (Phi) is 10.4. The van der Waals surface area contributed by atoms with Crippen LogP contribution in [0.2, 0.25) is 0 Å². The molecule has 41 heavy (non-hydrogen) atoms. The van der Waals surface area contributed by atoms with Gasteiger partial charge in [-0.15, -0.1) is 17.4 Å². The molecule has 5 heteroatoms. The van der Waals surface area contributed by atoms with E-state index in [0.717, 1.165) is 74.9 Å². The van der Waals surface area contributed by atoms with E-state index in [1.165, 1.54) is 45.1 Å². The first-order valence-corrected chi connectivity index (χ1v) is 16.4. The molecule has 5 atom stereocenters. The summed E-state index contributed by atoms with van der Waals surface area (Å²) in [6, 6.07) is 0.285. The molecule has 0 amide bonds. The summed E-state index contributed by atoms with van der Waals surface area (Å²) in [7, 11) is 0. The van der Waals surface area contributed by atoms with Crippen LogP contribution in [0.25, 0.3) is 17.5 Å². The molecule has 0 N–H and O–H groups in total. The molecule has 1 aromatic heterocycles. The van der Waals surface area contributed by atoms with E-state index in [0.29, 0.717) is 23.7 Å². The zero-order chi connectivity index (χ0) is 28.6. The summed E-state index contributed by atoms with van der Waals surface area (Å²) < 4.78 is 0. The third-order valence-corrected chi connectivity index (χ3v) is 10.2. The molecule has 2 unspecified atom stereocenters. The van der Waals surface area contributed by atoms with Crippen molar-refractivity contribution in [2.24, 2.45) is 33.7 Å². The van der Waals surface area contributed by atoms with Gasteiger partial charge in [0.2, 0.25) is 0 Å². The minimum atomic E-state index is 0. The second-order valence-electron chi connectivity index (χ2n) is 12.0. The van der Waals surface area contributed by atoms with Crippen LogP contribution in [-0.2, 0) is 29.3 Å². The molecule has 1 fully saturated rings. The van der Waals surface area contributed by atoms with Crippen molar-refractivity contribution in [3.05, 3.63) is 62.1 Å². The molecule has 0 aliphatic carbocycles. The van der Waals surface area contributed by atoms with Gasteiger partial charge in [0.1, 0.15) is 0 Å². The Bertz CT molecular complexity index is 1320. The maximum Gasteiger partial charge on any atom is 2.00 e. The second kappa shape index (κ2) is 13.5. The van der Waals surface area contributed by atoms with Crippen LogP contribution in [0.15, 0.2) is 44.3 Å². The summed E-state index contributed by atoms with van der Waals surface area (Å²) in [6.07, 6.45) is 16.4. The maximum absolute atomic E-state index is 5.49. The van der Waals surface area contributed by atoms with E-state index in [1.54, 1.807) is 0 Å². The van der Waals surface area contributed by atoms with Gasteiger partial charge in [-0.05, 0) is 67.9 Å². The smallest absolute Gasteiger partial charge is 0.684 e. The zero-order valence-corrected chi connectivity index (χ0v) is 27.6. The van der Waals surface area contributed by atoms with Crippen molar-refractivity contribution in [2.45, 2.75) is 119 Å². The van der Waals surface area contributed by atoms with Crippen LogP contribution in [0.5, 0.6) is 0 Å². The number of aliphatic imine (C=N–C) groups is 2. The van der Waals surface area contributed by atoms with Gasteiger partial charge >= 0.3 is 16.5 Å². The molecule has 1 aromatic rings. The molecular weight excluding hydrogens is 547 g/mol. The molecule has 5 rings (SSSR count). The van der Waals surface area contributed by atoms with E-state index < -0.39 is 0 Å². The van der Waals surface area contributed by atoms with Crippen molar-refractivity contribution in [3.63, 3.8) is 0 Å². The normalized spacial score (nSPS) is 30.9. The third-order valence-electron chi connectivity index (χ3n) is 10.2. The van der Waals surface area contributed by atoms with Gasteiger partial charge in [0.15, 0.2) is 0 Å². The number of nitrogens with zero attached hydrogens (tertiary/aromatic N) is 4. The van der Waals surface area contributed by atoms with E-state index in [2.05, 4.69) is 73.6 Å². The average Bonchev–Trinajstić information content (AvgIpc) is 3.67. The van der Waals surface area contributed by atoms with Crippen LogP contribution in [0, 0.1) is 23.7 Å². The van der Waals surface area contributed by atoms with E-state index in [4.69, 9.17) is 20.3 Å². The van der Waals surface area contributed by atoms with E-state index in [-0.39, 0.29) is 22.5 Å². The number of hydrogen-bond acceptors (Lipinski definition) is 2. The van der Waals surface area contributed by atoms with Gasteiger partial charge in [-0.1, -0.05) is 97.6 Å². The van der Waals surface area contributed by atoms with Crippen molar-refractivity contribution in [1.82, 2.24) is 4.98 Å². The fourth-order valence-electron chi connectivity index (χ4n) is 8.20. The first kappa shape index (κ1) is 31.8. The van der Waals surface area contributed by atoms with Gasteiger partial charge in [-0.3, -0.25) is 9.98 Å². The Morgan fingerprint density at radius 3 is 1.88 bits per heavy atom. The van der Waals surface area contributed by atoms with E-state index in [1.807, 2.05) is 0 Å². The summed E-state index contributed by atoms with van der Waals surface area (Å²) in [4.78, 5) is 16.0. The summed E-state index contributed by atoms with van der Waals surface area (Å²) >= 11 is 0. The molecule has 224 valence electrons. The Hall–Kier alpha value is -2.13. The number of rotatable bonds is 8. The molecule has 8 bridgehead atoms. The molecular formula is C36H50N4Ni. The van der Waals surface area contributed by atoms with Crippen LogP contribution in [-0.4, -0.2) is 17.5 Å². The molecule has 5 heterocycles. The maximum atomic E-state index is 5.49. The van der Waals surface area contributed by atoms with Gasteiger partial charge in [-0.25, -0.2) is 0 Å². The van der Waals surface area contributed by atoms with E-state index in [9.17, 15) is 0 Å². The Labute approximate surface area is 259 Å². The molecule has 4 nitrogen and oxygen atoms in total. The van der Waals surface area contributed by atoms with Crippen LogP contribution in [0.4, 0.5) is 0 Å².